The molecule has 0 unspecified atom stereocenters. The summed E-state index contributed by atoms with van der Waals surface area (Å²) in [6, 6.07) is 16.0. The number of aryl methyl sites for hydroxylation is 1. The standard InChI is InChI=1S/C20H22N2O2/c1-14(2)22(13-16-7-5-4-6-8-16)20(23)12-17-9-10-19-18(11-17)21-15(3)24-19/h4-11,14H,12-13H2,1-3H3. The molecule has 0 aliphatic heterocycles. The second-order valence-electron chi connectivity index (χ2n) is 6.31. The minimum atomic E-state index is 0.119. The lowest BCUT2D eigenvalue weighted by atomic mass is 10.1. The van der Waals surface area contributed by atoms with E-state index in [9.17, 15) is 4.79 Å². The Morgan fingerprint density at radius 3 is 2.58 bits per heavy atom. The fraction of sp³-hybridized carbons (Fsp3) is 0.300. The Labute approximate surface area is 142 Å². The molecule has 0 aliphatic rings. The van der Waals surface area contributed by atoms with Crippen molar-refractivity contribution in [1.82, 2.24) is 9.88 Å². The van der Waals surface area contributed by atoms with Gasteiger partial charge < -0.3 is 9.32 Å². The van der Waals surface area contributed by atoms with Crippen LogP contribution in [0.3, 0.4) is 0 Å². The van der Waals surface area contributed by atoms with Crippen molar-refractivity contribution >= 4 is 17.0 Å². The number of nitrogens with zero attached hydrogens (tertiary/aromatic N) is 2. The largest absolute Gasteiger partial charge is 0.441 e. The lowest BCUT2D eigenvalue weighted by molar-refractivity contribution is -0.132. The van der Waals surface area contributed by atoms with Gasteiger partial charge in [-0.2, -0.15) is 0 Å². The van der Waals surface area contributed by atoms with Crippen LogP contribution in [0.1, 0.15) is 30.9 Å². The highest BCUT2D eigenvalue weighted by Gasteiger charge is 2.18. The second-order valence-corrected chi connectivity index (χ2v) is 6.31. The van der Waals surface area contributed by atoms with E-state index < -0.39 is 0 Å². The smallest absolute Gasteiger partial charge is 0.227 e. The summed E-state index contributed by atoms with van der Waals surface area (Å²) in [5.74, 6) is 0.759. The molecule has 4 heteroatoms. The van der Waals surface area contributed by atoms with Crippen molar-refractivity contribution in [2.45, 2.75) is 39.8 Å². The Morgan fingerprint density at radius 2 is 1.88 bits per heavy atom. The maximum atomic E-state index is 12.8. The van der Waals surface area contributed by atoms with Crippen LogP contribution in [0.2, 0.25) is 0 Å². The third-order valence-corrected chi connectivity index (χ3v) is 4.05. The molecule has 0 bridgehead atoms. The van der Waals surface area contributed by atoms with Crippen molar-refractivity contribution in [3.8, 4) is 0 Å². The van der Waals surface area contributed by atoms with E-state index in [0.717, 1.165) is 22.2 Å². The van der Waals surface area contributed by atoms with Crippen LogP contribution in [0.5, 0.6) is 0 Å². The van der Waals surface area contributed by atoms with Gasteiger partial charge in [-0.25, -0.2) is 4.98 Å². The van der Waals surface area contributed by atoms with E-state index in [2.05, 4.69) is 4.98 Å². The minimum absolute atomic E-state index is 0.119. The summed E-state index contributed by atoms with van der Waals surface area (Å²) in [6.45, 7) is 6.55. The number of hydrogen-bond acceptors (Lipinski definition) is 3. The van der Waals surface area contributed by atoms with Crippen LogP contribution < -0.4 is 0 Å². The van der Waals surface area contributed by atoms with E-state index in [0.29, 0.717) is 18.9 Å². The highest BCUT2D eigenvalue weighted by molar-refractivity contribution is 5.81. The molecular formula is C20H22N2O2. The molecule has 4 nitrogen and oxygen atoms in total. The van der Waals surface area contributed by atoms with Gasteiger partial charge in [-0.05, 0) is 37.1 Å². The molecule has 3 aromatic rings. The average Bonchev–Trinajstić information content (AvgIpc) is 2.92. The predicted octanol–water partition coefficient (Wildman–Crippen LogP) is 4.12. The molecule has 0 fully saturated rings. The molecule has 0 saturated carbocycles. The first kappa shape index (κ1) is 16.2. The van der Waals surface area contributed by atoms with Crippen LogP contribution in [-0.2, 0) is 17.8 Å². The molecular weight excluding hydrogens is 300 g/mol. The van der Waals surface area contributed by atoms with Crippen molar-refractivity contribution in [1.29, 1.82) is 0 Å². The summed E-state index contributed by atoms with van der Waals surface area (Å²) in [5.41, 5.74) is 3.66. The monoisotopic (exact) mass is 322 g/mol. The number of aromatic nitrogens is 1. The van der Waals surface area contributed by atoms with E-state index in [4.69, 9.17) is 4.42 Å². The Kier molecular flexibility index (Phi) is 4.65. The Morgan fingerprint density at radius 1 is 1.12 bits per heavy atom. The van der Waals surface area contributed by atoms with Gasteiger partial charge in [0.05, 0.1) is 6.42 Å². The van der Waals surface area contributed by atoms with Crippen LogP contribution in [-0.4, -0.2) is 21.8 Å². The zero-order chi connectivity index (χ0) is 17.1. The molecule has 0 N–H and O–H groups in total. The van der Waals surface area contributed by atoms with Crippen LogP contribution in [0, 0.1) is 6.92 Å². The average molecular weight is 322 g/mol. The highest BCUT2D eigenvalue weighted by atomic mass is 16.3. The van der Waals surface area contributed by atoms with Gasteiger partial charge in [-0.15, -0.1) is 0 Å². The number of rotatable bonds is 5. The van der Waals surface area contributed by atoms with Gasteiger partial charge in [0.2, 0.25) is 5.91 Å². The van der Waals surface area contributed by atoms with Gasteiger partial charge in [0.1, 0.15) is 5.52 Å². The highest BCUT2D eigenvalue weighted by Crippen LogP contribution is 2.18. The summed E-state index contributed by atoms with van der Waals surface area (Å²) < 4.78 is 5.49. The SMILES string of the molecule is Cc1nc2cc(CC(=O)N(Cc3ccccc3)C(C)C)ccc2o1. The third kappa shape index (κ3) is 3.65. The zero-order valence-corrected chi connectivity index (χ0v) is 14.3. The quantitative estimate of drug-likeness (QED) is 0.710. The Hall–Kier alpha value is -2.62. The molecule has 0 aliphatic carbocycles. The van der Waals surface area contributed by atoms with Crippen molar-refractivity contribution in [2.24, 2.45) is 0 Å². The maximum absolute atomic E-state index is 12.8. The summed E-state index contributed by atoms with van der Waals surface area (Å²) in [5, 5.41) is 0. The first-order valence-corrected chi connectivity index (χ1v) is 8.22. The Bertz CT molecular complexity index is 837. The number of carbonyl (C=O) groups is 1. The number of amides is 1. The molecule has 1 heterocycles. The summed E-state index contributed by atoms with van der Waals surface area (Å²) in [7, 11) is 0. The van der Waals surface area contributed by atoms with E-state index in [1.165, 1.54) is 0 Å². The zero-order valence-electron chi connectivity index (χ0n) is 14.3. The summed E-state index contributed by atoms with van der Waals surface area (Å²) >= 11 is 0. The first-order valence-electron chi connectivity index (χ1n) is 8.22. The van der Waals surface area contributed by atoms with Gasteiger partial charge in [-0.1, -0.05) is 36.4 Å². The lowest BCUT2D eigenvalue weighted by Crippen LogP contribution is -2.37. The summed E-state index contributed by atoms with van der Waals surface area (Å²) in [4.78, 5) is 19.0. The molecule has 1 aromatic heterocycles. The van der Waals surface area contributed by atoms with Gasteiger partial charge in [0.15, 0.2) is 11.5 Å². The van der Waals surface area contributed by atoms with Crippen molar-refractivity contribution in [3.05, 3.63) is 65.5 Å². The van der Waals surface area contributed by atoms with E-state index >= 15 is 0 Å². The fourth-order valence-corrected chi connectivity index (χ4v) is 2.81. The normalized spacial score (nSPS) is 11.2. The van der Waals surface area contributed by atoms with Gasteiger partial charge in [-0.3, -0.25) is 4.79 Å². The van der Waals surface area contributed by atoms with E-state index in [1.807, 2.05) is 74.2 Å². The molecule has 3 rings (SSSR count). The molecule has 0 atom stereocenters. The topological polar surface area (TPSA) is 46.3 Å². The second kappa shape index (κ2) is 6.87. The van der Waals surface area contributed by atoms with E-state index in [1.54, 1.807) is 0 Å². The summed E-state index contributed by atoms with van der Waals surface area (Å²) in [6.07, 6.45) is 0.368. The van der Waals surface area contributed by atoms with Gasteiger partial charge >= 0.3 is 0 Å². The predicted molar refractivity (Wildman–Crippen MR) is 94.6 cm³/mol. The molecule has 0 radical (unpaired) electrons. The first-order chi connectivity index (χ1) is 11.5. The molecule has 24 heavy (non-hydrogen) atoms. The number of oxazole rings is 1. The van der Waals surface area contributed by atoms with Crippen LogP contribution in [0.25, 0.3) is 11.1 Å². The fourth-order valence-electron chi connectivity index (χ4n) is 2.81. The van der Waals surface area contributed by atoms with Crippen molar-refractivity contribution in [3.63, 3.8) is 0 Å². The van der Waals surface area contributed by atoms with Crippen molar-refractivity contribution in [2.75, 3.05) is 0 Å². The van der Waals surface area contributed by atoms with Crippen LogP contribution >= 0.6 is 0 Å². The number of fused-ring (bicyclic) bond motifs is 1. The van der Waals surface area contributed by atoms with Crippen LogP contribution in [0.15, 0.2) is 52.9 Å². The maximum Gasteiger partial charge on any atom is 0.227 e. The van der Waals surface area contributed by atoms with E-state index in [-0.39, 0.29) is 11.9 Å². The molecule has 2 aromatic carbocycles. The van der Waals surface area contributed by atoms with Crippen molar-refractivity contribution < 1.29 is 9.21 Å². The molecule has 124 valence electrons. The van der Waals surface area contributed by atoms with Gasteiger partial charge in [0.25, 0.3) is 0 Å². The molecule has 1 amide bonds. The van der Waals surface area contributed by atoms with Gasteiger partial charge in [0, 0.05) is 19.5 Å². The molecule has 0 spiro atoms. The number of hydrogen-bond donors (Lipinski definition) is 0. The van der Waals surface area contributed by atoms with Crippen LogP contribution in [0.4, 0.5) is 0 Å². The number of benzene rings is 2. The number of carbonyl (C=O) groups excluding carboxylic acids is 1. The Balaban J connectivity index is 1.76. The third-order valence-electron chi connectivity index (χ3n) is 4.05. The molecule has 0 saturated heterocycles. The minimum Gasteiger partial charge on any atom is -0.441 e. The lowest BCUT2D eigenvalue weighted by Gasteiger charge is -2.27.